The molecule has 1 saturated heterocycles. The van der Waals surface area contributed by atoms with Gasteiger partial charge >= 0.3 is 0 Å². The lowest BCUT2D eigenvalue weighted by atomic mass is 9.77. The third kappa shape index (κ3) is 2.26. The van der Waals surface area contributed by atoms with Crippen LogP contribution in [0.5, 0.6) is 0 Å². The van der Waals surface area contributed by atoms with Crippen molar-refractivity contribution >= 4 is 0 Å². The van der Waals surface area contributed by atoms with Crippen molar-refractivity contribution in [1.29, 1.82) is 0 Å². The predicted molar refractivity (Wildman–Crippen MR) is 74.3 cm³/mol. The zero-order chi connectivity index (χ0) is 12.6. The maximum absolute atomic E-state index is 2.52. The lowest BCUT2D eigenvalue weighted by molar-refractivity contribution is 0.313. The fraction of sp³-hybridized carbons (Fsp3) is 0.625. The minimum absolute atomic E-state index is 0.656. The number of likely N-dealkylation sites (N-methyl/N-ethyl adjacent to an activating group) is 1. The molecule has 0 aliphatic carbocycles. The number of nitrogens with zero attached hydrogens (tertiary/aromatic N) is 1. The Morgan fingerprint density at radius 3 is 2.47 bits per heavy atom. The Morgan fingerprint density at radius 1 is 1.24 bits per heavy atom. The molecule has 0 amide bonds. The second-order valence-corrected chi connectivity index (χ2v) is 5.97. The number of hydrogen-bond acceptors (Lipinski definition) is 1. The molecule has 0 saturated carbocycles. The molecule has 1 aliphatic rings. The topological polar surface area (TPSA) is 3.24 Å². The second-order valence-electron chi connectivity index (χ2n) is 5.97. The van der Waals surface area contributed by atoms with E-state index < -0.39 is 0 Å². The zero-order valence-corrected chi connectivity index (χ0v) is 11.8. The molecule has 1 nitrogen and oxygen atoms in total. The van der Waals surface area contributed by atoms with Gasteiger partial charge in [0.05, 0.1) is 0 Å². The van der Waals surface area contributed by atoms with Crippen LogP contribution < -0.4 is 0 Å². The molecule has 94 valence electrons. The summed E-state index contributed by atoms with van der Waals surface area (Å²) in [5, 5.41) is 0. The van der Waals surface area contributed by atoms with Crippen LogP contribution in [-0.2, 0) is 0 Å². The summed E-state index contributed by atoms with van der Waals surface area (Å²) < 4.78 is 0. The first-order valence-corrected chi connectivity index (χ1v) is 6.78. The van der Waals surface area contributed by atoms with E-state index in [1.807, 2.05) is 0 Å². The Kier molecular flexibility index (Phi) is 3.58. The largest absolute Gasteiger partial charge is 0.303 e. The van der Waals surface area contributed by atoms with Gasteiger partial charge in [0, 0.05) is 18.5 Å². The first-order valence-electron chi connectivity index (χ1n) is 6.78. The molecule has 0 N–H and O–H groups in total. The van der Waals surface area contributed by atoms with Crippen molar-refractivity contribution in [2.45, 2.75) is 39.7 Å². The van der Waals surface area contributed by atoms with Crippen LogP contribution in [0, 0.1) is 18.8 Å². The number of benzene rings is 1. The Balaban J connectivity index is 2.38. The maximum Gasteiger partial charge on any atom is 0.0136 e. The third-order valence-corrected chi connectivity index (χ3v) is 4.58. The molecule has 1 fully saturated rings. The van der Waals surface area contributed by atoms with Crippen LogP contribution in [0.2, 0.25) is 0 Å². The standard InChI is InChI=1S/C16H25N/c1-11(2)15-10-17(5)13(4)16(15)14-9-7-6-8-12(14)3/h6-9,11,13,15-16H,10H2,1-5H3. The molecule has 1 aliphatic heterocycles. The van der Waals surface area contributed by atoms with Gasteiger partial charge in [0.1, 0.15) is 0 Å². The third-order valence-electron chi connectivity index (χ3n) is 4.58. The van der Waals surface area contributed by atoms with Crippen molar-refractivity contribution in [3.63, 3.8) is 0 Å². The van der Waals surface area contributed by atoms with Crippen molar-refractivity contribution in [2.75, 3.05) is 13.6 Å². The summed E-state index contributed by atoms with van der Waals surface area (Å²) in [6.07, 6.45) is 0. The van der Waals surface area contributed by atoms with Crippen LogP contribution >= 0.6 is 0 Å². The molecule has 0 aromatic heterocycles. The van der Waals surface area contributed by atoms with Gasteiger partial charge in [-0.15, -0.1) is 0 Å². The molecule has 1 heteroatoms. The highest BCUT2D eigenvalue weighted by molar-refractivity contribution is 5.32. The van der Waals surface area contributed by atoms with Crippen LogP contribution in [0.1, 0.15) is 37.8 Å². The second kappa shape index (κ2) is 4.81. The molecule has 0 bridgehead atoms. The van der Waals surface area contributed by atoms with Gasteiger partial charge in [-0.1, -0.05) is 38.1 Å². The first kappa shape index (κ1) is 12.6. The van der Waals surface area contributed by atoms with Gasteiger partial charge in [-0.3, -0.25) is 0 Å². The molecular weight excluding hydrogens is 206 g/mol. The summed E-state index contributed by atoms with van der Waals surface area (Å²) in [6, 6.07) is 9.56. The fourth-order valence-electron chi connectivity index (χ4n) is 3.32. The molecule has 17 heavy (non-hydrogen) atoms. The van der Waals surface area contributed by atoms with Gasteiger partial charge in [-0.2, -0.15) is 0 Å². The van der Waals surface area contributed by atoms with E-state index in [9.17, 15) is 0 Å². The van der Waals surface area contributed by atoms with Crippen molar-refractivity contribution in [3.8, 4) is 0 Å². The fourth-order valence-corrected chi connectivity index (χ4v) is 3.32. The summed E-state index contributed by atoms with van der Waals surface area (Å²) in [4.78, 5) is 2.52. The first-order chi connectivity index (χ1) is 8.02. The highest BCUT2D eigenvalue weighted by atomic mass is 15.2. The van der Waals surface area contributed by atoms with Crippen molar-refractivity contribution in [2.24, 2.45) is 11.8 Å². The molecule has 2 rings (SSSR count). The van der Waals surface area contributed by atoms with Gasteiger partial charge in [0.15, 0.2) is 0 Å². The van der Waals surface area contributed by atoms with E-state index in [0.29, 0.717) is 12.0 Å². The highest BCUT2D eigenvalue weighted by Gasteiger charge is 2.39. The lowest BCUT2D eigenvalue weighted by Crippen LogP contribution is -2.25. The Hall–Kier alpha value is -0.820. The Morgan fingerprint density at radius 2 is 1.88 bits per heavy atom. The van der Waals surface area contributed by atoms with E-state index in [2.05, 4.69) is 63.9 Å². The van der Waals surface area contributed by atoms with E-state index in [0.717, 1.165) is 11.8 Å². The zero-order valence-electron chi connectivity index (χ0n) is 11.8. The van der Waals surface area contributed by atoms with Gasteiger partial charge in [0.2, 0.25) is 0 Å². The quantitative estimate of drug-likeness (QED) is 0.750. The van der Waals surface area contributed by atoms with Gasteiger partial charge < -0.3 is 4.90 Å². The summed E-state index contributed by atoms with van der Waals surface area (Å²) in [6.45, 7) is 10.6. The van der Waals surface area contributed by atoms with Crippen LogP contribution in [0.3, 0.4) is 0 Å². The number of rotatable bonds is 2. The number of aryl methyl sites for hydroxylation is 1. The predicted octanol–water partition coefficient (Wildman–Crippen LogP) is 3.68. The minimum Gasteiger partial charge on any atom is -0.303 e. The molecule has 1 aromatic carbocycles. The van der Waals surface area contributed by atoms with Crippen molar-refractivity contribution in [3.05, 3.63) is 35.4 Å². The van der Waals surface area contributed by atoms with Crippen molar-refractivity contribution in [1.82, 2.24) is 4.90 Å². The summed E-state index contributed by atoms with van der Waals surface area (Å²) in [5.41, 5.74) is 3.01. The molecule has 0 spiro atoms. The molecule has 1 heterocycles. The molecule has 1 aromatic rings. The molecule has 0 radical (unpaired) electrons. The van der Waals surface area contributed by atoms with Crippen LogP contribution in [0.25, 0.3) is 0 Å². The average molecular weight is 231 g/mol. The minimum atomic E-state index is 0.656. The normalized spacial score (nSPS) is 30.1. The van der Waals surface area contributed by atoms with E-state index in [4.69, 9.17) is 0 Å². The smallest absolute Gasteiger partial charge is 0.0136 e. The number of hydrogen-bond donors (Lipinski definition) is 0. The van der Waals surface area contributed by atoms with Gasteiger partial charge in [0.25, 0.3) is 0 Å². The summed E-state index contributed by atoms with van der Waals surface area (Å²) >= 11 is 0. The highest BCUT2D eigenvalue weighted by Crippen LogP contribution is 2.41. The van der Waals surface area contributed by atoms with E-state index >= 15 is 0 Å². The van der Waals surface area contributed by atoms with Crippen LogP contribution in [0.4, 0.5) is 0 Å². The van der Waals surface area contributed by atoms with Crippen LogP contribution in [0.15, 0.2) is 24.3 Å². The Labute approximate surface area is 106 Å². The van der Waals surface area contributed by atoms with Gasteiger partial charge in [-0.05, 0) is 43.9 Å². The van der Waals surface area contributed by atoms with E-state index in [1.54, 1.807) is 5.56 Å². The van der Waals surface area contributed by atoms with Gasteiger partial charge in [-0.25, -0.2) is 0 Å². The molecule has 3 unspecified atom stereocenters. The number of likely N-dealkylation sites (tertiary alicyclic amines) is 1. The average Bonchev–Trinajstić information content (AvgIpc) is 2.57. The summed E-state index contributed by atoms with van der Waals surface area (Å²) in [7, 11) is 2.26. The van der Waals surface area contributed by atoms with E-state index in [-0.39, 0.29) is 0 Å². The van der Waals surface area contributed by atoms with Crippen LogP contribution in [-0.4, -0.2) is 24.5 Å². The monoisotopic (exact) mass is 231 g/mol. The van der Waals surface area contributed by atoms with Crippen molar-refractivity contribution < 1.29 is 0 Å². The SMILES string of the molecule is Cc1ccccc1C1C(C(C)C)CN(C)C1C. The Bertz CT molecular complexity index is 383. The molecule has 3 atom stereocenters. The maximum atomic E-state index is 2.52. The summed E-state index contributed by atoms with van der Waals surface area (Å²) in [5.74, 6) is 2.24. The van der Waals surface area contributed by atoms with E-state index in [1.165, 1.54) is 12.1 Å². The lowest BCUT2D eigenvalue weighted by Gasteiger charge is -2.27. The molecular formula is C16H25N.